The van der Waals surface area contributed by atoms with Gasteiger partial charge < -0.3 is 10.1 Å². The molecule has 0 radical (unpaired) electrons. The summed E-state index contributed by atoms with van der Waals surface area (Å²) >= 11 is 3.10. The normalized spacial score (nSPS) is 10.8. The molecule has 0 aliphatic carbocycles. The van der Waals surface area contributed by atoms with Gasteiger partial charge in [-0.05, 0) is 47.7 Å². The lowest BCUT2D eigenvalue weighted by Crippen LogP contribution is -2.27. The van der Waals surface area contributed by atoms with E-state index >= 15 is 0 Å². The molecule has 0 spiro atoms. The maximum atomic E-state index is 12.4. The van der Waals surface area contributed by atoms with Gasteiger partial charge in [0.1, 0.15) is 11.6 Å². The monoisotopic (exact) mass is 464 g/mol. The van der Waals surface area contributed by atoms with E-state index in [1.165, 1.54) is 16.6 Å². The third-order valence-corrected chi connectivity index (χ3v) is 6.66. The molecule has 4 aromatic rings. The fourth-order valence-corrected chi connectivity index (χ4v) is 4.74. The highest BCUT2D eigenvalue weighted by Crippen LogP contribution is 2.24. The lowest BCUT2D eigenvalue weighted by atomic mass is 10.1. The van der Waals surface area contributed by atoms with E-state index in [-0.39, 0.29) is 11.7 Å². The molecule has 2 aromatic carbocycles. The molecular weight excluding hydrogens is 440 g/mol. The molecule has 6 nitrogen and oxygen atoms in total. The zero-order valence-corrected chi connectivity index (χ0v) is 19.4. The predicted molar refractivity (Wildman–Crippen MR) is 129 cm³/mol. The third kappa shape index (κ3) is 5.77. The average Bonchev–Trinajstić information content (AvgIpc) is 3.49. The van der Waals surface area contributed by atoms with E-state index in [1.807, 2.05) is 65.2 Å². The Morgan fingerprint density at radius 2 is 1.88 bits per heavy atom. The van der Waals surface area contributed by atoms with Crippen molar-refractivity contribution in [1.82, 2.24) is 20.1 Å². The summed E-state index contributed by atoms with van der Waals surface area (Å²) in [5.41, 5.74) is 2.15. The lowest BCUT2D eigenvalue weighted by Gasteiger charge is -2.10. The fourth-order valence-electron chi connectivity index (χ4n) is 3.23. The highest BCUT2D eigenvalue weighted by molar-refractivity contribution is 7.99. The Morgan fingerprint density at radius 3 is 2.59 bits per heavy atom. The minimum absolute atomic E-state index is 0.0223. The number of nitrogens with one attached hydrogen (secondary N) is 1. The second-order valence-corrected chi connectivity index (χ2v) is 9.04. The number of hydrogen-bond donors (Lipinski definition) is 1. The van der Waals surface area contributed by atoms with E-state index < -0.39 is 0 Å². The summed E-state index contributed by atoms with van der Waals surface area (Å²) in [6, 6.07) is 22.0. The number of para-hydroxylation sites is 1. The number of benzene rings is 2. The van der Waals surface area contributed by atoms with Crippen LogP contribution < -0.4 is 10.1 Å². The van der Waals surface area contributed by atoms with Crippen molar-refractivity contribution in [3.8, 4) is 11.4 Å². The number of carbonyl (C=O) groups excluding carboxylic acids is 1. The average molecular weight is 465 g/mol. The van der Waals surface area contributed by atoms with Crippen LogP contribution in [0.4, 0.5) is 0 Å². The minimum atomic E-state index is -0.0223. The molecule has 0 aliphatic heterocycles. The van der Waals surface area contributed by atoms with Gasteiger partial charge in [0.2, 0.25) is 5.91 Å². The van der Waals surface area contributed by atoms with Crippen molar-refractivity contribution >= 4 is 29.0 Å². The summed E-state index contributed by atoms with van der Waals surface area (Å²) in [6.45, 7) is 0.584. The van der Waals surface area contributed by atoms with Gasteiger partial charge in [-0.1, -0.05) is 48.2 Å². The standard InChI is InChI=1S/C24H24N4O2S2/c1-30-20-11-9-18(10-12-20)13-14-25-23(29)17-32-24-27-26-22(16-21-8-5-15-31-21)28(24)19-6-3-2-4-7-19/h2-12,15H,13-14,16-17H2,1H3,(H,25,29). The van der Waals surface area contributed by atoms with Crippen LogP contribution in [-0.2, 0) is 17.6 Å². The molecule has 1 amide bonds. The number of amides is 1. The molecule has 32 heavy (non-hydrogen) atoms. The highest BCUT2D eigenvalue weighted by Gasteiger charge is 2.16. The van der Waals surface area contributed by atoms with Gasteiger partial charge >= 0.3 is 0 Å². The van der Waals surface area contributed by atoms with Crippen molar-refractivity contribution < 1.29 is 9.53 Å². The fraction of sp³-hybridized carbons (Fsp3) is 0.208. The van der Waals surface area contributed by atoms with E-state index in [1.54, 1.807) is 18.4 Å². The highest BCUT2D eigenvalue weighted by atomic mass is 32.2. The zero-order valence-electron chi connectivity index (χ0n) is 17.7. The first kappa shape index (κ1) is 22.1. The number of rotatable bonds is 10. The Morgan fingerprint density at radius 1 is 1.06 bits per heavy atom. The number of nitrogens with zero attached hydrogens (tertiary/aromatic N) is 3. The number of ether oxygens (including phenoxy) is 1. The van der Waals surface area contributed by atoms with Gasteiger partial charge in [0.05, 0.1) is 12.9 Å². The Kier molecular flexibility index (Phi) is 7.58. The molecule has 0 atom stereocenters. The largest absolute Gasteiger partial charge is 0.497 e. The number of thiophene rings is 1. The van der Waals surface area contributed by atoms with E-state index in [0.717, 1.165) is 29.2 Å². The van der Waals surface area contributed by atoms with Crippen LogP contribution in [0.5, 0.6) is 5.75 Å². The van der Waals surface area contributed by atoms with Crippen LogP contribution in [0.15, 0.2) is 77.3 Å². The molecular formula is C24H24N4O2S2. The molecule has 0 saturated heterocycles. The number of thioether (sulfide) groups is 1. The van der Waals surface area contributed by atoms with Gasteiger partial charge in [0, 0.05) is 23.5 Å². The second kappa shape index (κ2) is 11.0. The van der Waals surface area contributed by atoms with Gasteiger partial charge in [-0.15, -0.1) is 21.5 Å². The van der Waals surface area contributed by atoms with Crippen molar-refractivity contribution in [2.45, 2.75) is 18.0 Å². The van der Waals surface area contributed by atoms with Crippen LogP contribution in [0.1, 0.15) is 16.3 Å². The van der Waals surface area contributed by atoms with Crippen LogP contribution in [0.3, 0.4) is 0 Å². The van der Waals surface area contributed by atoms with Gasteiger partial charge in [-0.2, -0.15) is 0 Å². The number of aromatic nitrogens is 3. The van der Waals surface area contributed by atoms with Crippen LogP contribution >= 0.6 is 23.1 Å². The Balaban J connectivity index is 1.36. The van der Waals surface area contributed by atoms with Gasteiger partial charge in [0.25, 0.3) is 0 Å². The molecule has 0 bridgehead atoms. The molecule has 0 fully saturated rings. The molecule has 164 valence electrons. The maximum Gasteiger partial charge on any atom is 0.230 e. The first-order chi connectivity index (χ1) is 15.7. The topological polar surface area (TPSA) is 69.0 Å². The van der Waals surface area contributed by atoms with Crippen molar-refractivity contribution in [3.63, 3.8) is 0 Å². The third-order valence-electron chi connectivity index (χ3n) is 4.85. The summed E-state index contributed by atoms with van der Waals surface area (Å²) in [7, 11) is 1.65. The van der Waals surface area contributed by atoms with Gasteiger partial charge in [-0.25, -0.2) is 0 Å². The van der Waals surface area contributed by atoms with Gasteiger partial charge in [-0.3, -0.25) is 9.36 Å². The zero-order chi connectivity index (χ0) is 22.2. The maximum absolute atomic E-state index is 12.4. The molecule has 2 heterocycles. The summed E-state index contributed by atoms with van der Waals surface area (Å²) in [6.07, 6.45) is 1.47. The first-order valence-electron chi connectivity index (χ1n) is 10.3. The quantitative estimate of drug-likeness (QED) is 0.353. The molecule has 0 saturated carbocycles. The molecule has 4 rings (SSSR count). The van der Waals surface area contributed by atoms with Crippen molar-refractivity contribution in [2.24, 2.45) is 0 Å². The molecule has 0 aliphatic rings. The summed E-state index contributed by atoms with van der Waals surface area (Å²) < 4.78 is 7.21. The number of methoxy groups -OCH3 is 1. The predicted octanol–water partition coefficient (Wildman–Crippen LogP) is 4.38. The van der Waals surface area contributed by atoms with Gasteiger partial charge in [0.15, 0.2) is 5.16 Å². The van der Waals surface area contributed by atoms with Crippen LogP contribution in [-0.4, -0.2) is 40.1 Å². The SMILES string of the molecule is COc1ccc(CCNC(=O)CSc2nnc(Cc3cccs3)n2-c2ccccc2)cc1. The van der Waals surface area contributed by atoms with E-state index in [0.29, 0.717) is 18.1 Å². The Hall–Kier alpha value is -3.10. The van der Waals surface area contributed by atoms with Crippen molar-refractivity contribution in [3.05, 3.63) is 88.4 Å². The van der Waals surface area contributed by atoms with Crippen molar-refractivity contribution in [2.75, 3.05) is 19.4 Å². The molecule has 1 N–H and O–H groups in total. The van der Waals surface area contributed by atoms with Crippen LogP contribution in [0.2, 0.25) is 0 Å². The number of hydrogen-bond acceptors (Lipinski definition) is 6. The van der Waals surface area contributed by atoms with Crippen molar-refractivity contribution in [1.29, 1.82) is 0 Å². The number of carbonyl (C=O) groups is 1. The summed E-state index contributed by atoms with van der Waals surface area (Å²) in [4.78, 5) is 13.6. The van der Waals surface area contributed by atoms with Crippen LogP contribution in [0, 0.1) is 0 Å². The minimum Gasteiger partial charge on any atom is -0.497 e. The molecule has 2 aromatic heterocycles. The second-order valence-electron chi connectivity index (χ2n) is 7.06. The lowest BCUT2D eigenvalue weighted by molar-refractivity contribution is -0.118. The smallest absolute Gasteiger partial charge is 0.230 e. The summed E-state index contributed by atoms with van der Waals surface area (Å²) in [5, 5.41) is 14.6. The molecule has 8 heteroatoms. The van der Waals surface area contributed by atoms with E-state index in [9.17, 15) is 4.79 Å². The first-order valence-corrected chi connectivity index (χ1v) is 12.1. The summed E-state index contributed by atoms with van der Waals surface area (Å²) in [5.74, 6) is 1.95. The van der Waals surface area contributed by atoms with E-state index in [2.05, 4.69) is 27.0 Å². The van der Waals surface area contributed by atoms with E-state index in [4.69, 9.17) is 4.74 Å². The Bertz CT molecular complexity index is 1130. The Labute approximate surface area is 195 Å². The van der Waals surface area contributed by atoms with Crippen LogP contribution in [0.25, 0.3) is 5.69 Å². The molecule has 0 unspecified atom stereocenters.